The van der Waals surface area contributed by atoms with Gasteiger partial charge >= 0.3 is 0 Å². The van der Waals surface area contributed by atoms with Crippen LogP contribution in [0.15, 0.2) is 18.2 Å². The molecule has 2 fully saturated rings. The number of carbonyl (C=O) groups is 1. The van der Waals surface area contributed by atoms with E-state index in [1.54, 1.807) is 13.0 Å². The minimum absolute atomic E-state index is 0. The van der Waals surface area contributed by atoms with Crippen molar-refractivity contribution in [3.8, 4) is 0 Å². The number of amides is 1. The van der Waals surface area contributed by atoms with Gasteiger partial charge in [0.15, 0.2) is 0 Å². The second kappa shape index (κ2) is 10.3. The summed E-state index contributed by atoms with van der Waals surface area (Å²) in [6.45, 7) is 7.65. The molecular formula is C18H28Cl2FN3O. The second-order valence-corrected chi connectivity index (χ2v) is 6.81. The Kier molecular flexibility index (Phi) is 9.14. The third-order valence-electron chi connectivity index (χ3n) is 4.96. The van der Waals surface area contributed by atoms with E-state index in [-0.39, 0.29) is 36.5 Å². The summed E-state index contributed by atoms with van der Waals surface area (Å²) in [5.74, 6) is 0.646. The Morgan fingerprint density at radius 2 is 1.96 bits per heavy atom. The average molecular weight is 392 g/mol. The third-order valence-corrected chi connectivity index (χ3v) is 4.96. The van der Waals surface area contributed by atoms with Crippen molar-refractivity contribution >= 4 is 30.7 Å². The summed E-state index contributed by atoms with van der Waals surface area (Å²) in [7, 11) is 0. The molecular weight excluding hydrogens is 364 g/mol. The van der Waals surface area contributed by atoms with Gasteiger partial charge in [-0.15, -0.1) is 24.8 Å². The lowest BCUT2D eigenvalue weighted by Crippen LogP contribution is -2.49. The molecule has 1 atom stereocenters. The van der Waals surface area contributed by atoms with Crippen LogP contribution >= 0.6 is 24.8 Å². The zero-order chi connectivity index (χ0) is 16.2. The van der Waals surface area contributed by atoms with Crippen molar-refractivity contribution in [2.75, 3.05) is 45.8 Å². The van der Waals surface area contributed by atoms with Gasteiger partial charge in [0, 0.05) is 32.7 Å². The van der Waals surface area contributed by atoms with E-state index in [0.29, 0.717) is 18.0 Å². The van der Waals surface area contributed by atoms with Crippen LogP contribution < -0.4 is 5.32 Å². The highest BCUT2D eigenvalue weighted by molar-refractivity contribution is 5.85. The highest BCUT2D eigenvalue weighted by Crippen LogP contribution is 2.22. The lowest BCUT2D eigenvalue weighted by molar-refractivity contribution is -0.132. The normalized spacial score (nSPS) is 20.7. The van der Waals surface area contributed by atoms with Crippen molar-refractivity contribution in [3.05, 3.63) is 35.1 Å². The van der Waals surface area contributed by atoms with Crippen molar-refractivity contribution in [2.24, 2.45) is 5.92 Å². The molecule has 0 saturated carbocycles. The van der Waals surface area contributed by atoms with Gasteiger partial charge in [0.05, 0.1) is 6.54 Å². The molecule has 2 saturated heterocycles. The van der Waals surface area contributed by atoms with Crippen LogP contribution in [0.5, 0.6) is 0 Å². The fourth-order valence-electron chi connectivity index (χ4n) is 3.53. The SMILES string of the molecule is Cc1ccc(CC2CCN(CC(=O)N3CCNCC3)C2)cc1F.Cl.Cl. The first kappa shape index (κ1) is 22.2. The molecule has 2 aliphatic heterocycles. The van der Waals surface area contributed by atoms with E-state index in [1.165, 1.54) is 0 Å². The van der Waals surface area contributed by atoms with Crippen molar-refractivity contribution < 1.29 is 9.18 Å². The van der Waals surface area contributed by atoms with Crippen molar-refractivity contribution in [3.63, 3.8) is 0 Å². The molecule has 2 heterocycles. The summed E-state index contributed by atoms with van der Waals surface area (Å²) >= 11 is 0. The van der Waals surface area contributed by atoms with Crippen LogP contribution in [0.2, 0.25) is 0 Å². The Balaban J connectivity index is 0.00000156. The van der Waals surface area contributed by atoms with Crippen molar-refractivity contribution in [2.45, 2.75) is 19.8 Å². The molecule has 1 aromatic rings. The smallest absolute Gasteiger partial charge is 0.236 e. The molecule has 0 aliphatic carbocycles. The van der Waals surface area contributed by atoms with Gasteiger partial charge in [-0.25, -0.2) is 4.39 Å². The number of halogens is 3. The van der Waals surface area contributed by atoms with E-state index in [1.807, 2.05) is 17.0 Å². The summed E-state index contributed by atoms with van der Waals surface area (Å²) in [6.07, 6.45) is 1.99. The van der Waals surface area contributed by atoms with Crippen molar-refractivity contribution in [1.82, 2.24) is 15.1 Å². The van der Waals surface area contributed by atoms with E-state index < -0.39 is 0 Å². The Bertz CT molecular complexity index is 567. The first-order valence-electron chi connectivity index (χ1n) is 8.57. The van der Waals surface area contributed by atoms with E-state index in [4.69, 9.17) is 0 Å². The first-order chi connectivity index (χ1) is 11.1. The van der Waals surface area contributed by atoms with Crippen LogP contribution in [0.3, 0.4) is 0 Å². The Labute approximate surface area is 162 Å². The molecule has 0 spiro atoms. The van der Waals surface area contributed by atoms with Crippen LogP contribution in [0, 0.1) is 18.7 Å². The molecule has 1 amide bonds. The van der Waals surface area contributed by atoms with E-state index >= 15 is 0 Å². The zero-order valence-electron chi connectivity index (χ0n) is 14.7. The number of aryl methyl sites for hydroxylation is 1. The Hall–Kier alpha value is -0.880. The van der Waals surface area contributed by atoms with Gasteiger partial charge in [-0.1, -0.05) is 12.1 Å². The Morgan fingerprint density at radius 1 is 1.24 bits per heavy atom. The van der Waals surface area contributed by atoms with Crippen LogP contribution in [0.4, 0.5) is 4.39 Å². The summed E-state index contributed by atoms with van der Waals surface area (Å²) in [6, 6.07) is 5.53. The Morgan fingerprint density at radius 3 is 2.64 bits per heavy atom. The molecule has 1 aromatic carbocycles. The van der Waals surface area contributed by atoms with Crippen LogP contribution in [0.1, 0.15) is 17.5 Å². The number of nitrogens with one attached hydrogen (secondary N) is 1. The predicted molar refractivity (Wildman–Crippen MR) is 103 cm³/mol. The lowest BCUT2D eigenvalue weighted by Gasteiger charge is -2.29. The second-order valence-electron chi connectivity index (χ2n) is 6.81. The fraction of sp³-hybridized carbons (Fsp3) is 0.611. The van der Waals surface area contributed by atoms with Gasteiger partial charge in [0.25, 0.3) is 0 Å². The van der Waals surface area contributed by atoms with Gasteiger partial charge in [-0.3, -0.25) is 9.69 Å². The standard InChI is InChI=1S/C18H26FN3O.2ClH/c1-14-2-3-15(11-17(14)19)10-16-4-7-21(12-16)13-18(23)22-8-5-20-6-9-22;;/h2-3,11,16,20H,4-10,12-13H2,1H3;2*1H. The minimum Gasteiger partial charge on any atom is -0.339 e. The summed E-state index contributed by atoms with van der Waals surface area (Å²) in [4.78, 5) is 16.5. The topological polar surface area (TPSA) is 35.6 Å². The third kappa shape index (κ3) is 6.10. The number of piperazine rings is 1. The van der Waals surface area contributed by atoms with Crippen LogP contribution in [0.25, 0.3) is 0 Å². The highest BCUT2D eigenvalue weighted by Gasteiger charge is 2.26. The summed E-state index contributed by atoms with van der Waals surface area (Å²) in [5, 5.41) is 3.27. The van der Waals surface area contributed by atoms with Crippen LogP contribution in [-0.4, -0.2) is 61.5 Å². The molecule has 4 nitrogen and oxygen atoms in total. The minimum atomic E-state index is -0.119. The summed E-state index contributed by atoms with van der Waals surface area (Å²) < 4.78 is 13.6. The monoisotopic (exact) mass is 391 g/mol. The van der Waals surface area contributed by atoms with Gasteiger partial charge in [0.1, 0.15) is 5.82 Å². The summed E-state index contributed by atoms with van der Waals surface area (Å²) in [5.41, 5.74) is 1.76. The number of hydrogen-bond donors (Lipinski definition) is 1. The molecule has 0 aromatic heterocycles. The number of hydrogen-bond acceptors (Lipinski definition) is 3. The quantitative estimate of drug-likeness (QED) is 0.854. The first-order valence-corrected chi connectivity index (χ1v) is 8.57. The molecule has 0 radical (unpaired) electrons. The van der Waals surface area contributed by atoms with Gasteiger partial charge in [0.2, 0.25) is 5.91 Å². The maximum absolute atomic E-state index is 13.6. The highest BCUT2D eigenvalue weighted by atomic mass is 35.5. The predicted octanol–water partition coefficient (Wildman–Crippen LogP) is 2.27. The molecule has 142 valence electrons. The molecule has 25 heavy (non-hydrogen) atoms. The number of benzene rings is 1. The maximum atomic E-state index is 13.6. The molecule has 1 N–H and O–H groups in total. The van der Waals surface area contributed by atoms with Gasteiger partial charge in [-0.05, 0) is 49.4 Å². The fourth-order valence-corrected chi connectivity index (χ4v) is 3.53. The molecule has 0 bridgehead atoms. The molecule has 3 rings (SSSR count). The number of rotatable bonds is 4. The molecule has 2 aliphatic rings. The van der Waals surface area contributed by atoms with Crippen molar-refractivity contribution in [1.29, 1.82) is 0 Å². The lowest BCUT2D eigenvalue weighted by atomic mass is 9.98. The van der Waals surface area contributed by atoms with E-state index in [2.05, 4.69) is 10.2 Å². The van der Waals surface area contributed by atoms with Gasteiger partial charge in [-0.2, -0.15) is 0 Å². The van der Waals surface area contributed by atoms with E-state index in [0.717, 1.165) is 57.7 Å². The number of likely N-dealkylation sites (tertiary alicyclic amines) is 1. The number of carbonyl (C=O) groups excluding carboxylic acids is 1. The van der Waals surface area contributed by atoms with Crippen LogP contribution in [-0.2, 0) is 11.2 Å². The average Bonchev–Trinajstić information content (AvgIpc) is 2.99. The molecule has 7 heteroatoms. The van der Waals surface area contributed by atoms with E-state index in [9.17, 15) is 9.18 Å². The largest absolute Gasteiger partial charge is 0.339 e. The van der Waals surface area contributed by atoms with Gasteiger partial charge < -0.3 is 10.2 Å². The molecule has 1 unspecified atom stereocenters. The maximum Gasteiger partial charge on any atom is 0.236 e. The number of nitrogens with zero attached hydrogens (tertiary/aromatic N) is 2. The zero-order valence-corrected chi connectivity index (χ0v) is 16.3.